The van der Waals surface area contributed by atoms with Crippen molar-refractivity contribution < 1.29 is 9.59 Å². The van der Waals surface area contributed by atoms with Crippen molar-refractivity contribution >= 4 is 39.1 Å². The number of hydrazine groups is 1. The van der Waals surface area contributed by atoms with Gasteiger partial charge in [-0.3, -0.25) is 20.4 Å². The van der Waals surface area contributed by atoms with E-state index in [1.165, 1.54) is 23.7 Å². The predicted molar refractivity (Wildman–Crippen MR) is 94.4 cm³/mol. The van der Waals surface area contributed by atoms with Gasteiger partial charge in [0.1, 0.15) is 0 Å². The maximum Gasteiger partial charge on any atom is 0.279 e. The molecule has 3 rings (SSSR count). The number of rotatable bonds is 3. The van der Waals surface area contributed by atoms with Crippen LogP contribution in [0.15, 0.2) is 58.6 Å². The van der Waals surface area contributed by atoms with Crippen molar-refractivity contribution in [3.8, 4) is 11.4 Å². The third kappa shape index (κ3) is 3.84. The van der Waals surface area contributed by atoms with E-state index in [-0.39, 0.29) is 11.5 Å². The highest BCUT2D eigenvalue weighted by molar-refractivity contribution is 9.11. The molecule has 2 N–H and O–H groups in total. The Labute approximate surface area is 150 Å². The molecule has 120 valence electrons. The standard InChI is InChI=1S/C16H11BrN4O2S/c17-13-7-6-12(24-13)16(23)21-20-15(22)11-8-18-14(19-9-11)10-4-2-1-3-5-10/h1-9H,(H,20,22)(H,21,23). The van der Waals surface area contributed by atoms with E-state index in [0.717, 1.165) is 9.35 Å². The molecular formula is C16H11BrN4O2S. The second kappa shape index (κ2) is 7.33. The fourth-order valence-electron chi connectivity index (χ4n) is 1.87. The van der Waals surface area contributed by atoms with Crippen molar-refractivity contribution in [3.63, 3.8) is 0 Å². The van der Waals surface area contributed by atoms with Gasteiger partial charge >= 0.3 is 0 Å². The van der Waals surface area contributed by atoms with Crippen molar-refractivity contribution in [1.29, 1.82) is 0 Å². The van der Waals surface area contributed by atoms with Crippen LogP contribution in [0.3, 0.4) is 0 Å². The van der Waals surface area contributed by atoms with Crippen LogP contribution in [-0.2, 0) is 0 Å². The molecule has 0 radical (unpaired) electrons. The highest BCUT2D eigenvalue weighted by Gasteiger charge is 2.12. The molecule has 24 heavy (non-hydrogen) atoms. The van der Waals surface area contributed by atoms with Crippen LogP contribution in [0.5, 0.6) is 0 Å². The second-order valence-electron chi connectivity index (χ2n) is 4.67. The molecule has 0 fully saturated rings. The van der Waals surface area contributed by atoms with Gasteiger partial charge in [-0.05, 0) is 28.1 Å². The first-order valence-corrected chi connectivity index (χ1v) is 8.48. The summed E-state index contributed by atoms with van der Waals surface area (Å²) in [5.74, 6) is -0.348. The fourth-order valence-corrected chi connectivity index (χ4v) is 3.15. The molecule has 0 spiro atoms. The summed E-state index contributed by atoms with van der Waals surface area (Å²) in [6, 6.07) is 12.9. The van der Waals surface area contributed by atoms with Gasteiger partial charge in [0.25, 0.3) is 11.8 Å². The number of thiophene rings is 1. The number of nitrogens with one attached hydrogen (secondary N) is 2. The number of nitrogens with zero attached hydrogens (tertiary/aromatic N) is 2. The monoisotopic (exact) mass is 402 g/mol. The van der Waals surface area contributed by atoms with Gasteiger partial charge in [0.05, 0.1) is 14.2 Å². The number of hydrogen-bond acceptors (Lipinski definition) is 5. The van der Waals surface area contributed by atoms with E-state index in [1.807, 2.05) is 30.3 Å². The van der Waals surface area contributed by atoms with Crippen molar-refractivity contribution in [2.45, 2.75) is 0 Å². The van der Waals surface area contributed by atoms with Crippen LogP contribution in [0.4, 0.5) is 0 Å². The lowest BCUT2D eigenvalue weighted by Crippen LogP contribution is -2.41. The minimum absolute atomic E-state index is 0.252. The van der Waals surface area contributed by atoms with Crippen LogP contribution >= 0.6 is 27.3 Å². The lowest BCUT2D eigenvalue weighted by atomic mass is 10.2. The van der Waals surface area contributed by atoms with Gasteiger partial charge in [-0.2, -0.15) is 0 Å². The molecule has 0 atom stereocenters. The van der Waals surface area contributed by atoms with Crippen LogP contribution in [0.25, 0.3) is 11.4 Å². The number of amides is 2. The molecule has 2 amide bonds. The number of aromatic nitrogens is 2. The summed E-state index contributed by atoms with van der Waals surface area (Å²) >= 11 is 4.55. The van der Waals surface area contributed by atoms with E-state index in [9.17, 15) is 9.59 Å². The molecule has 3 aromatic rings. The highest BCUT2D eigenvalue weighted by atomic mass is 79.9. The van der Waals surface area contributed by atoms with Crippen LogP contribution < -0.4 is 10.9 Å². The van der Waals surface area contributed by atoms with Gasteiger partial charge in [0, 0.05) is 18.0 Å². The summed E-state index contributed by atoms with van der Waals surface area (Å²) < 4.78 is 0.837. The Morgan fingerprint density at radius 3 is 2.21 bits per heavy atom. The van der Waals surface area contributed by atoms with Crippen LogP contribution in [-0.4, -0.2) is 21.8 Å². The topological polar surface area (TPSA) is 84.0 Å². The van der Waals surface area contributed by atoms with Crippen molar-refractivity contribution in [3.05, 3.63) is 69.1 Å². The quantitative estimate of drug-likeness (QED) is 0.659. The normalized spacial score (nSPS) is 10.2. The second-order valence-corrected chi connectivity index (χ2v) is 7.14. The fraction of sp³-hybridized carbons (Fsp3) is 0. The molecular weight excluding hydrogens is 392 g/mol. The average molecular weight is 403 g/mol. The van der Waals surface area contributed by atoms with Crippen LogP contribution in [0.1, 0.15) is 20.0 Å². The van der Waals surface area contributed by atoms with E-state index in [1.54, 1.807) is 12.1 Å². The van der Waals surface area contributed by atoms with Gasteiger partial charge in [0.2, 0.25) is 0 Å². The Kier molecular flexibility index (Phi) is 4.97. The Bertz CT molecular complexity index is 865. The molecule has 1 aromatic carbocycles. The number of hydrogen-bond donors (Lipinski definition) is 2. The third-order valence-electron chi connectivity index (χ3n) is 3.03. The van der Waals surface area contributed by atoms with E-state index in [2.05, 4.69) is 36.7 Å². The zero-order chi connectivity index (χ0) is 16.9. The smallest absolute Gasteiger partial charge is 0.267 e. The van der Waals surface area contributed by atoms with Gasteiger partial charge in [-0.1, -0.05) is 30.3 Å². The molecule has 2 aromatic heterocycles. The van der Waals surface area contributed by atoms with E-state index < -0.39 is 5.91 Å². The van der Waals surface area contributed by atoms with Gasteiger partial charge in [0.15, 0.2) is 5.82 Å². The Morgan fingerprint density at radius 1 is 0.917 bits per heavy atom. The summed E-state index contributed by atoms with van der Waals surface area (Å²) in [6.07, 6.45) is 2.83. The van der Waals surface area contributed by atoms with Crippen LogP contribution in [0.2, 0.25) is 0 Å². The summed E-state index contributed by atoms with van der Waals surface area (Å²) in [5.41, 5.74) is 5.81. The lowest BCUT2D eigenvalue weighted by molar-refractivity contribution is 0.0848. The molecule has 0 saturated carbocycles. The van der Waals surface area contributed by atoms with Crippen LogP contribution in [0, 0.1) is 0 Å². The van der Waals surface area contributed by atoms with E-state index in [0.29, 0.717) is 10.7 Å². The molecule has 0 saturated heterocycles. The van der Waals surface area contributed by atoms with E-state index in [4.69, 9.17) is 0 Å². The van der Waals surface area contributed by atoms with Crippen molar-refractivity contribution in [2.75, 3.05) is 0 Å². The zero-order valence-electron chi connectivity index (χ0n) is 12.2. The molecule has 0 aliphatic rings. The van der Waals surface area contributed by atoms with Gasteiger partial charge in [-0.25, -0.2) is 9.97 Å². The maximum atomic E-state index is 12.0. The van der Waals surface area contributed by atoms with E-state index >= 15 is 0 Å². The van der Waals surface area contributed by atoms with Gasteiger partial charge in [-0.15, -0.1) is 11.3 Å². The molecule has 0 bridgehead atoms. The summed E-state index contributed by atoms with van der Waals surface area (Å²) in [6.45, 7) is 0. The minimum atomic E-state index is -0.487. The highest BCUT2D eigenvalue weighted by Crippen LogP contribution is 2.21. The summed E-state index contributed by atoms with van der Waals surface area (Å²) in [5, 5.41) is 0. The molecule has 8 heteroatoms. The number of carbonyl (C=O) groups is 2. The third-order valence-corrected chi connectivity index (χ3v) is 4.65. The largest absolute Gasteiger partial charge is 0.279 e. The first-order chi connectivity index (χ1) is 11.6. The number of halogens is 1. The van der Waals surface area contributed by atoms with Crippen molar-refractivity contribution in [2.24, 2.45) is 0 Å². The zero-order valence-corrected chi connectivity index (χ0v) is 14.6. The number of benzene rings is 1. The first-order valence-electron chi connectivity index (χ1n) is 6.87. The molecule has 0 unspecified atom stereocenters. The predicted octanol–water partition coefficient (Wildman–Crippen LogP) is 3.04. The van der Waals surface area contributed by atoms with Crippen molar-refractivity contribution in [1.82, 2.24) is 20.8 Å². The SMILES string of the molecule is O=C(NNC(=O)c1ccc(Br)s1)c1cnc(-c2ccccc2)nc1. The maximum absolute atomic E-state index is 12.0. The Balaban J connectivity index is 1.62. The van der Waals surface area contributed by atoms with Gasteiger partial charge < -0.3 is 0 Å². The minimum Gasteiger partial charge on any atom is -0.267 e. The summed E-state index contributed by atoms with van der Waals surface area (Å²) in [7, 11) is 0. The molecule has 0 aliphatic heterocycles. The lowest BCUT2D eigenvalue weighted by Gasteiger charge is -2.06. The molecule has 2 heterocycles. The Morgan fingerprint density at radius 2 is 1.58 bits per heavy atom. The summed E-state index contributed by atoms with van der Waals surface area (Å²) in [4.78, 5) is 32.7. The first kappa shape index (κ1) is 16.3. The average Bonchev–Trinajstić information content (AvgIpc) is 3.07. The Hall–Kier alpha value is -2.58. The molecule has 0 aliphatic carbocycles. The number of carbonyl (C=O) groups excluding carboxylic acids is 2. The molecule has 6 nitrogen and oxygen atoms in total.